The first kappa shape index (κ1) is 17.1. The molecular formula is C13H7F3N6O4. The van der Waals surface area contributed by atoms with Gasteiger partial charge < -0.3 is 10.2 Å². The van der Waals surface area contributed by atoms with E-state index in [1.807, 2.05) is 0 Å². The molecule has 3 aromatic heterocycles. The summed E-state index contributed by atoms with van der Waals surface area (Å²) in [6, 6.07) is 3.45. The van der Waals surface area contributed by atoms with Gasteiger partial charge in [-0.25, -0.2) is 9.97 Å². The molecule has 26 heavy (non-hydrogen) atoms. The quantitative estimate of drug-likeness (QED) is 0.547. The minimum atomic E-state index is -4.83. The Balaban J connectivity index is 2.22. The van der Waals surface area contributed by atoms with Crippen LogP contribution in [-0.4, -0.2) is 30.6 Å². The number of hydrogen-bond donors (Lipinski definition) is 1. The molecule has 0 fully saturated rings. The van der Waals surface area contributed by atoms with Crippen molar-refractivity contribution in [1.29, 1.82) is 0 Å². The SMILES string of the molecule is NC(=O)c1nn(-c2nc(-c3ccco3)cc(C(F)(F)F)n2)cc1[N+](=O)[O-]. The van der Waals surface area contributed by atoms with E-state index >= 15 is 0 Å². The second-order valence-electron chi connectivity index (χ2n) is 4.84. The number of nitrogens with two attached hydrogens (primary N) is 1. The Bertz CT molecular complexity index is 964. The summed E-state index contributed by atoms with van der Waals surface area (Å²) in [4.78, 5) is 28.4. The maximum absolute atomic E-state index is 13.1. The molecule has 0 atom stereocenters. The van der Waals surface area contributed by atoms with Crippen LogP contribution < -0.4 is 5.73 Å². The summed E-state index contributed by atoms with van der Waals surface area (Å²) < 4.78 is 44.9. The van der Waals surface area contributed by atoms with E-state index < -0.39 is 40.0 Å². The topological polar surface area (TPSA) is 143 Å². The molecule has 0 saturated carbocycles. The third-order valence-corrected chi connectivity index (χ3v) is 3.11. The molecule has 0 saturated heterocycles. The summed E-state index contributed by atoms with van der Waals surface area (Å²) in [5.41, 5.74) is 1.90. The number of rotatable bonds is 4. The van der Waals surface area contributed by atoms with Crippen molar-refractivity contribution in [3.05, 3.63) is 52.2 Å². The third kappa shape index (κ3) is 3.09. The molecule has 0 aliphatic heterocycles. The molecule has 3 rings (SSSR count). The Morgan fingerprint density at radius 2 is 2.08 bits per heavy atom. The maximum atomic E-state index is 13.1. The molecular weight excluding hydrogens is 361 g/mol. The third-order valence-electron chi connectivity index (χ3n) is 3.11. The zero-order valence-electron chi connectivity index (χ0n) is 12.5. The second kappa shape index (κ2) is 5.94. The van der Waals surface area contributed by atoms with E-state index in [-0.39, 0.29) is 11.5 Å². The van der Waals surface area contributed by atoms with Crippen molar-refractivity contribution in [2.45, 2.75) is 6.18 Å². The summed E-state index contributed by atoms with van der Waals surface area (Å²) >= 11 is 0. The van der Waals surface area contributed by atoms with Gasteiger partial charge in [0.1, 0.15) is 11.9 Å². The van der Waals surface area contributed by atoms with Gasteiger partial charge in [-0.05, 0) is 18.2 Å². The monoisotopic (exact) mass is 368 g/mol. The molecule has 0 bridgehead atoms. The number of furan rings is 1. The van der Waals surface area contributed by atoms with Gasteiger partial charge in [-0.3, -0.25) is 14.9 Å². The van der Waals surface area contributed by atoms with Crippen LogP contribution in [0.5, 0.6) is 0 Å². The standard InChI is InChI=1S/C13H7F3N6O4/c14-13(15,16)9-4-6(8-2-1-3-26-8)18-12(19-9)21-5-7(22(24)25)10(20-21)11(17)23/h1-5H,(H2,17,23). The molecule has 1 amide bonds. The fraction of sp³-hybridized carbons (Fsp3) is 0.0769. The van der Waals surface area contributed by atoms with Gasteiger partial charge in [-0.2, -0.15) is 23.0 Å². The van der Waals surface area contributed by atoms with Crippen molar-refractivity contribution in [3.63, 3.8) is 0 Å². The van der Waals surface area contributed by atoms with Crippen LogP contribution in [0.15, 0.2) is 35.1 Å². The number of hydrogen-bond acceptors (Lipinski definition) is 7. The number of nitro groups is 1. The number of carbonyl (C=O) groups is 1. The first-order chi connectivity index (χ1) is 12.2. The predicted octanol–water partition coefficient (Wildman–Crippen LogP) is 1.95. The van der Waals surface area contributed by atoms with E-state index in [4.69, 9.17) is 10.2 Å². The molecule has 2 N–H and O–H groups in total. The smallest absolute Gasteiger partial charge is 0.433 e. The Morgan fingerprint density at radius 3 is 2.58 bits per heavy atom. The average molecular weight is 368 g/mol. The molecule has 0 aromatic carbocycles. The van der Waals surface area contributed by atoms with Crippen LogP contribution >= 0.6 is 0 Å². The zero-order chi connectivity index (χ0) is 19.1. The zero-order valence-corrected chi connectivity index (χ0v) is 12.5. The molecule has 13 heteroatoms. The fourth-order valence-corrected chi connectivity index (χ4v) is 2.01. The van der Waals surface area contributed by atoms with Crippen LogP contribution in [0.25, 0.3) is 17.4 Å². The number of carbonyl (C=O) groups excluding carboxylic acids is 1. The molecule has 134 valence electrons. The summed E-state index contributed by atoms with van der Waals surface area (Å²) in [5, 5.41) is 14.5. The average Bonchev–Trinajstić information content (AvgIpc) is 3.23. The number of amides is 1. The fourth-order valence-electron chi connectivity index (χ4n) is 2.01. The minimum Gasteiger partial charge on any atom is -0.463 e. The van der Waals surface area contributed by atoms with Crippen LogP contribution in [0.3, 0.4) is 0 Å². The molecule has 0 aliphatic carbocycles. The summed E-state index contributed by atoms with van der Waals surface area (Å²) in [6.45, 7) is 0. The molecule has 0 aliphatic rings. The highest BCUT2D eigenvalue weighted by Gasteiger charge is 2.35. The van der Waals surface area contributed by atoms with Crippen LogP contribution in [0.1, 0.15) is 16.2 Å². The van der Waals surface area contributed by atoms with Gasteiger partial charge in [-0.15, -0.1) is 0 Å². The number of nitrogens with zero attached hydrogens (tertiary/aromatic N) is 5. The van der Waals surface area contributed by atoms with Gasteiger partial charge in [0, 0.05) is 0 Å². The van der Waals surface area contributed by atoms with Crippen LogP contribution in [-0.2, 0) is 6.18 Å². The summed E-state index contributed by atoms with van der Waals surface area (Å²) in [6.07, 6.45) is -2.90. The van der Waals surface area contributed by atoms with E-state index in [1.165, 1.54) is 18.4 Å². The summed E-state index contributed by atoms with van der Waals surface area (Å²) in [5.74, 6) is -1.87. The van der Waals surface area contributed by atoms with Crippen molar-refractivity contribution in [1.82, 2.24) is 19.7 Å². The number of primary amides is 1. The van der Waals surface area contributed by atoms with E-state index in [2.05, 4.69) is 15.1 Å². The normalized spacial score (nSPS) is 11.5. The Labute approximate surface area is 141 Å². The van der Waals surface area contributed by atoms with Gasteiger partial charge in [0.25, 0.3) is 11.9 Å². The van der Waals surface area contributed by atoms with Crippen LogP contribution in [0.4, 0.5) is 18.9 Å². The Kier molecular flexibility index (Phi) is 3.90. The lowest BCUT2D eigenvalue weighted by Crippen LogP contribution is -2.15. The van der Waals surface area contributed by atoms with Crippen molar-refractivity contribution < 1.29 is 27.3 Å². The highest BCUT2D eigenvalue weighted by molar-refractivity contribution is 5.94. The Hall–Kier alpha value is -3.77. The van der Waals surface area contributed by atoms with Gasteiger partial charge in [-0.1, -0.05) is 0 Å². The highest BCUT2D eigenvalue weighted by atomic mass is 19.4. The van der Waals surface area contributed by atoms with Gasteiger partial charge in [0.05, 0.1) is 11.2 Å². The van der Waals surface area contributed by atoms with Crippen molar-refractivity contribution in [3.8, 4) is 17.4 Å². The first-order valence-corrected chi connectivity index (χ1v) is 6.71. The molecule has 0 spiro atoms. The second-order valence-corrected chi connectivity index (χ2v) is 4.84. The lowest BCUT2D eigenvalue weighted by atomic mass is 10.2. The molecule has 0 radical (unpaired) electrons. The molecule has 0 unspecified atom stereocenters. The lowest BCUT2D eigenvalue weighted by Gasteiger charge is -2.09. The van der Waals surface area contributed by atoms with E-state index in [0.717, 1.165) is 0 Å². The molecule has 3 heterocycles. The first-order valence-electron chi connectivity index (χ1n) is 6.71. The number of aromatic nitrogens is 4. The van der Waals surface area contributed by atoms with E-state index in [9.17, 15) is 28.1 Å². The van der Waals surface area contributed by atoms with Gasteiger partial charge in [0.15, 0.2) is 11.5 Å². The van der Waals surface area contributed by atoms with E-state index in [1.54, 1.807) is 0 Å². The number of halogens is 3. The molecule has 10 nitrogen and oxygen atoms in total. The summed E-state index contributed by atoms with van der Waals surface area (Å²) in [7, 11) is 0. The van der Waals surface area contributed by atoms with Gasteiger partial charge in [0.2, 0.25) is 5.69 Å². The maximum Gasteiger partial charge on any atom is 0.433 e. The van der Waals surface area contributed by atoms with Crippen LogP contribution in [0, 0.1) is 10.1 Å². The number of alkyl halides is 3. The lowest BCUT2D eigenvalue weighted by molar-refractivity contribution is -0.385. The largest absolute Gasteiger partial charge is 0.463 e. The predicted molar refractivity (Wildman–Crippen MR) is 77.0 cm³/mol. The van der Waals surface area contributed by atoms with Crippen LogP contribution in [0.2, 0.25) is 0 Å². The van der Waals surface area contributed by atoms with E-state index in [0.29, 0.717) is 16.9 Å². The van der Waals surface area contributed by atoms with Gasteiger partial charge >= 0.3 is 11.9 Å². The van der Waals surface area contributed by atoms with Crippen molar-refractivity contribution in [2.24, 2.45) is 5.73 Å². The van der Waals surface area contributed by atoms with Crippen molar-refractivity contribution >= 4 is 11.6 Å². The highest BCUT2D eigenvalue weighted by Crippen LogP contribution is 2.31. The minimum absolute atomic E-state index is 0.0101. The molecule has 3 aromatic rings. The Morgan fingerprint density at radius 1 is 1.35 bits per heavy atom. The van der Waals surface area contributed by atoms with Crippen molar-refractivity contribution in [2.75, 3.05) is 0 Å².